The molecule has 3 rings (SSSR count). The van der Waals surface area contributed by atoms with Gasteiger partial charge < -0.3 is 10.0 Å². The largest absolute Gasteiger partial charge is 0.387 e. The average Bonchev–Trinajstić information content (AvgIpc) is 3.23. The number of nitrogens with zero attached hydrogens (tertiary/aromatic N) is 2. The highest BCUT2D eigenvalue weighted by atomic mass is 16.3. The predicted octanol–water partition coefficient (Wildman–Crippen LogP) is 2.76. The van der Waals surface area contributed by atoms with Crippen molar-refractivity contribution >= 4 is 5.69 Å². The minimum absolute atomic E-state index is 0.473. The molecule has 0 aromatic carbocycles. The summed E-state index contributed by atoms with van der Waals surface area (Å²) in [6.07, 6.45) is 7.01. The SMILES string of the molecule is CC(O)c1ccc(N(CC2CC2)CC2CC2)cn1. The highest BCUT2D eigenvalue weighted by Crippen LogP contribution is 2.35. The summed E-state index contributed by atoms with van der Waals surface area (Å²) in [5.41, 5.74) is 1.98. The van der Waals surface area contributed by atoms with E-state index in [1.165, 1.54) is 44.5 Å². The third-order valence-corrected chi connectivity index (χ3v) is 3.91. The molecule has 1 atom stereocenters. The summed E-state index contributed by atoms with van der Waals surface area (Å²) in [5.74, 6) is 1.81. The maximum atomic E-state index is 9.49. The van der Waals surface area contributed by atoms with Crippen LogP contribution in [0.1, 0.15) is 44.4 Å². The molecule has 0 saturated heterocycles. The number of anilines is 1. The predicted molar refractivity (Wildman–Crippen MR) is 72.5 cm³/mol. The molecule has 0 spiro atoms. The number of aliphatic hydroxyl groups excluding tert-OH is 1. The molecular formula is C15H22N2O. The molecule has 2 fully saturated rings. The summed E-state index contributed by atoms with van der Waals surface area (Å²) >= 11 is 0. The maximum absolute atomic E-state index is 9.49. The number of rotatable bonds is 6. The van der Waals surface area contributed by atoms with Crippen molar-refractivity contribution in [1.29, 1.82) is 0 Å². The molecule has 2 saturated carbocycles. The zero-order chi connectivity index (χ0) is 12.5. The van der Waals surface area contributed by atoms with Crippen molar-refractivity contribution in [2.75, 3.05) is 18.0 Å². The standard InChI is InChI=1S/C15H22N2O/c1-11(18)15-7-6-14(8-16-15)17(9-12-2-3-12)10-13-4-5-13/h6-8,11-13,18H,2-5,9-10H2,1H3. The monoisotopic (exact) mass is 246 g/mol. The minimum Gasteiger partial charge on any atom is -0.387 e. The molecule has 3 nitrogen and oxygen atoms in total. The van der Waals surface area contributed by atoms with E-state index in [9.17, 15) is 5.11 Å². The van der Waals surface area contributed by atoms with Crippen molar-refractivity contribution < 1.29 is 5.11 Å². The Balaban J connectivity index is 1.70. The van der Waals surface area contributed by atoms with Gasteiger partial charge in [-0.05, 0) is 56.6 Å². The first-order valence-electron chi connectivity index (χ1n) is 7.11. The number of aromatic nitrogens is 1. The van der Waals surface area contributed by atoms with Gasteiger partial charge in [0.05, 0.1) is 23.7 Å². The van der Waals surface area contributed by atoms with E-state index in [0.717, 1.165) is 17.5 Å². The lowest BCUT2D eigenvalue weighted by Gasteiger charge is -2.24. The minimum atomic E-state index is -0.473. The van der Waals surface area contributed by atoms with Crippen LogP contribution in [-0.2, 0) is 0 Å². The number of aliphatic hydroxyl groups is 1. The van der Waals surface area contributed by atoms with Crippen molar-refractivity contribution in [3.8, 4) is 0 Å². The zero-order valence-corrected chi connectivity index (χ0v) is 11.0. The van der Waals surface area contributed by atoms with Crippen LogP contribution in [0.4, 0.5) is 5.69 Å². The van der Waals surface area contributed by atoms with E-state index < -0.39 is 6.10 Å². The van der Waals surface area contributed by atoms with E-state index >= 15 is 0 Å². The molecule has 0 aliphatic heterocycles. The van der Waals surface area contributed by atoms with Gasteiger partial charge >= 0.3 is 0 Å². The van der Waals surface area contributed by atoms with Crippen molar-refractivity contribution in [3.63, 3.8) is 0 Å². The van der Waals surface area contributed by atoms with Gasteiger partial charge in [0.25, 0.3) is 0 Å². The Morgan fingerprint density at radius 2 is 1.83 bits per heavy atom. The topological polar surface area (TPSA) is 36.4 Å². The second kappa shape index (κ2) is 4.88. The van der Waals surface area contributed by atoms with E-state index in [1.807, 2.05) is 12.3 Å². The molecule has 2 aliphatic carbocycles. The summed E-state index contributed by atoms with van der Waals surface area (Å²) in [5, 5.41) is 9.49. The Kier molecular flexibility index (Phi) is 3.25. The molecule has 1 heterocycles. The molecule has 1 N–H and O–H groups in total. The molecule has 0 radical (unpaired) electrons. The first-order chi connectivity index (χ1) is 8.72. The lowest BCUT2D eigenvalue weighted by Crippen LogP contribution is -2.28. The van der Waals surface area contributed by atoms with Crippen LogP contribution >= 0.6 is 0 Å². The smallest absolute Gasteiger partial charge is 0.0931 e. The van der Waals surface area contributed by atoms with E-state index in [-0.39, 0.29) is 0 Å². The fourth-order valence-corrected chi connectivity index (χ4v) is 2.34. The fraction of sp³-hybridized carbons (Fsp3) is 0.667. The molecular weight excluding hydrogens is 224 g/mol. The quantitative estimate of drug-likeness (QED) is 0.838. The van der Waals surface area contributed by atoms with Crippen LogP contribution in [0.5, 0.6) is 0 Å². The Morgan fingerprint density at radius 3 is 2.22 bits per heavy atom. The number of hydrogen-bond donors (Lipinski definition) is 1. The molecule has 2 aliphatic rings. The zero-order valence-electron chi connectivity index (χ0n) is 11.0. The number of hydrogen-bond acceptors (Lipinski definition) is 3. The Morgan fingerprint density at radius 1 is 1.22 bits per heavy atom. The lowest BCUT2D eigenvalue weighted by molar-refractivity contribution is 0.194. The maximum Gasteiger partial charge on any atom is 0.0931 e. The van der Waals surface area contributed by atoms with Crippen LogP contribution in [0, 0.1) is 11.8 Å². The van der Waals surface area contributed by atoms with Gasteiger partial charge in [-0.1, -0.05) is 0 Å². The van der Waals surface area contributed by atoms with Crippen molar-refractivity contribution in [2.45, 2.75) is 38.7 Å². The van der Waals surface area contributed by atoms with Gasteiger partial charge in [-0.3, -0.25) is 4.98 Å². The first-order valence-corrected chi connectivity index (χ1v) is 7.11. The summed E-state index contributed by atoms with van der Waals surface area (Å²) in [4.78, 5) is 6.86. The van der Waals surface area contributed by atoms with Crippen LogP contribution in [-0.4, -0.2) is 23.2 Å². The van der Waals surface area contributed by atoms with Crippen LogP contribution in [0.25, 0.3) is 0 Å². The van der Waals surface area contributed by atoms with Gasteiger partial charge in [-0.2, -0.15) is 0 Å². The fourth-order valence-electron chi connectivity index (χ4n) is 2.34. The summed E-state index contributed by atoms with van der Waals surface area (Å²) in [7, 11) is 0. The van der Waals surface area contributed by atoms with Crippen molar-refractivity contribution in [1.82, 2.24) is 4.98 Å². The molecule has 0 amide bonds. The van der Waals surface area contributed by atoms with Crippen LogP contribution in [0.15, 0.2) is 18.3 Å². The molecule has 98 valence electrons. The molecule has 1 aromatic rings. The highest BCUT2D eigenvalue weighted by Gasteiger charge is 2.29. The Bertz CT molecular complexity index is 379. The summed E-state index contributed by atoms with van der Waals surface area (Å²) in [6, 6.07) is 4.06. The normalized spacial score (nSPS) is 20.8. The van der Waals surface area contributed by atoms with Crippen LogP contribution in [0.3, 0.4) is 0 Å². The van der Waals surface area contributed by atoms with Gasteiger partial charge in [0, 0.05) is 13.1 Å². The summed E-state index contributed by atoms with van der Waals surface area (Å²) in [6.45, 7) is 4.13. The van der Waals surface area contributed by atoms with E-state index in [2.05, 4.69) is 16.0 Å². The Labute approximate surface area is 109 Å². The molecule has 0 bridgehead atoms. The molecule has 1 aromatic heterocycles. The molecule has 18 heavy (non-hydrogen) atoms. The molecule has 3 heteroatoms. The van der Waals surface area contributed by atoms with Gasteiger partial charge in [-0.15, -0.1) is 0 Å². The molecule has 1 unspecified atom stereocenters. The average molecular weight is 246 g/mol. The van der Waals surface area contributed by atoms with E-state index in [1.54, 1.807) is 6.92 Å². The first kappa shape index (κ1) is 12.0. The van der Waals surface area contributed by atoms with Gasteiger partial charge in [0.1, 0.15) is 0 Å². The Hall–Kier alpha value is -1.09. The lowest BCUT2D eigenvalue weighted by atomic mass is 10.2. The second-order valence-electron chi connectivity index (χ2n) is 5.91. The van der Waals surface area contributed by atoms with Gasteiger partial charge in [0.2, 0.25) is 0 Å². The number of pyridine rings is 1. The van der Waals surface area contributed by atoms with E-state index in [0.29, 0.717) is 0 Å². The van der Waals surface area contributed by atoms with E-state index in [4.69, 9.17) is 0 Å². The van der Waals surface area contributed by atoms with Crippen molar-refractivity contribution in [3.05, 3.63) is 24.0 Å². The van der Waals surface area contributed by atoms with Crippen LogP contribution in [0.2, 0.25) is 0 Å². The highest BCUT2D eigenvalue weighted by molar-refractivity contribution is 5.45. The third-order valence-electron chi connectivity index (χ3n) is 3.91. The van der Waals surface area contributed by atoms with Crippen molar-refractivity contribution in [2.24, 2.45) is 11.8 Å². The van der Waals surface area contributed by atoms with Crippen LogP contribution < -0.4 is 4.90 Å². The second-order valence-corrected chi connectivity index (χ2v) is 5.91. The van der Waals surface area contributed by atoms with Gasteiger partial charge in [-0.25, -0.2) is 0 Å². The van der Waals surface area contributed by atoms with Gasteiger partial charge in [0.15, 0.2) is 0 Å². The summed E-state index contributed by atoms with van der Waals surface area (Å²) < 4.78 is 0. The third kappa shape index (κ3) is 3.02.